The smallest absolute Gasteiger partial charge is 0.191 e. The van der Waals surface area contributed by atoms with Crippen molar-refractivity contribution in [2.45, 2.75) is 13.0 Å². The maximum absolute atomic E-state index is 13.6. The van der Waals surface area contributed by atoms with Gasteiger partial charge in [0.2, 0.25) is 0 Å². The van der Waals surface area contributed by atoms with Crippen LogP contribution in [0.15, 0.2) is 53.5 Å². The molecular weight excluding hydrogens is 460 g/mol. The molecule has 0 radical (unpaired) electrons. The largest absolute Gasteiger partial charge is 0.491 e. The van der Waals surface area contributed by atoms with Gasteiger partial charge in [-0.15, -0.1) is 24.0 Å². The van der Waals surface area contributed by atoms with E-state index in [2.05, 4.69) is 15.6 Å². The van der Waals surface area contributed by atoms with Crippen molar-refractivity contribution in [3.05, 3.63) is 65.5 Å². The number of nitrogens with zero attached hydrogens (tertiary/aromatic N) is 1. The molecule has 2 aromatic carbocycles. The summed E-state index contributed by atoms with van der Waals surface area (Å²) in [5.41, 5.74) is 1.77. The van der Waals surface area contributed by atoms with Crippen LogP contribution in [0, 0.1) is 5.82 Å². The first-order valence-corrected chi connectivity index (χ1v) is 8.61. The maximum atomic E-state index is 13.6. The number of hydrogen-bond acceptors (Lipinski definition) is 3. The van der Waals surface area contributed by atoms with E-state index in [9.17, 15) is 4.39 Å². The van der Waals surface area contributed by atoms with E-state index < -0.39 is 0 Å². The average Bonchev–Trinajstić information content (AvgIpc) is 2.66. The number of rotatable bonds is 9. The van der Waals surface area contributed by atoms with Crippen LogP contribution in [0.3, 0.4) is 0 Å². The molecule has 0 saturated carbocycles. The first kappa shape index (κ1) is 23.2. The second kappa shape index (κ2) is 13.3. The molecule has 0 bridgehead atoms. The third-order valence-corrected chi connectivity index (χ3v) is 3.78. The van der Waals surface area contributed by atoms with Gasteiger partial charge in [-0.2, -0.15) is 0 Å². The van der Waals surface area contributed by atoms with Gasteiger partial charge in [0, 0.05) is 27.2 Å². The van der Waals surface area contributed by atoms with Crippen molar-refractivity contribution in [2.24, 2.45) is 4.99 Å². The highest BCUT2D eigenvalue weighted by Crippen LogP contribution is 2.13. The van der Waals surface area contributed by atoms with Gasteiger partial charge in [0.25, 0.3) is 0 Å². The van der Waals surface area contributed by atoms with E-state index >= 15 is 0 Å². The molecule has 27 heavy (non-hydrogen) atoms. The molecule has 0 spiro atoms. The van der Waals surface area contributed by atoms with Crippen molar-refractivity contribution >= 4 is 29.9 Å². The van der Waals surface area contributed by atoms with Gasteiger partial charge in [-0.1, -0.05) is 30.3 Å². The Balaban J connectivity index is 0.00000364. The van der Waals surface area contributed by atoms with Gasteiger partial charge in [0.05, 0.1) is 6.61 Å². The Morgan fingerprint density at radius 2 is 1.89 bits per heavy atom. The van der Waals surface area contributed by atoms with Crippen LogP contribution in [-0.4, -0.2) is 39.9 Å². The van der Waals surface area contributed by atoms with Crippen molar-refractivity contribution in [3.8, 4) is 5.75 Å². The van der Waals surface area contributed by atoms with E-state index in [0.29, 0.717) is 44.2 Å². The lowest BCUT2D eigenvalue weighted by atomic mass is 10.1. The third-order valence-electron chi connectivity index (χ3n) is 3.78. The molecule has 7 heteroatoms. The number of benzene rings is 2. The summed E-state index contributed by atoms with van der Waals surface area (Å²) in [6.07, 6.45) is 0.593. The Kier molecular flexibility index (Phi) is 11.4. The standard InChI is InChI=1S/C20H26FN3O2.HI/c1-22-20(23-11-10-17-7-3-4-9-19(17)21)24-15-16-6-5-8-18(14-16)26-13-12-25-2;/h3-9,14H,10-13,15H2,1-2H3,(H2,22,23,24);1H. The molecule has 5 nitrogen and oxygen atoms in total. The maximum Gasteiger partial charge on any atom is 0.191 e. The number of halogens is 2. The molecule has 0 amide bonds. The van der Waals surface area contributed by atoms with Crippen LogP contribution in [0.5, 0.6) is 5.75 Å². The molecule has 0 aliphatic carbocycles. The number of hydrogen-bond donors (Lipinski definition) is 2. The third kappa shape index (κ3) is 8.57. The monoisotopic (exact) mass is 487 g/mol. The fourth-order valence-corrected chi connectivity index (χ4v) is 2.41. The van der Waals surface area contributed by atoms with Crippen molar-refractivity contribution in [1.29, 1.82) is 0 Å². The van der Waals surface area contributed by atoms with Gasteiger partial charge in [-0.3, -0.25) is 4.99 Å². The van der Waals surface area contributed by atoms with Gasteiger partial charge in [-0.25, -0.2) is 4.39 Å². The van der Waals surface area contributed by atoms with Gasteiger partial charge >= 0.3 is 0 Å². The summed E-state index contributed by atoms with van der Waals surface area (Å²) in [6.45, 7) is 2.29. The number of guanidine groups is 1. The van der Waals surface area contributed by atoms with Crippen LogP contribution in [-0.2, 0) is 17.7 Å². The van der Waals surface area contributed by atoms with Gasteiger partial charge in [-0.05, 0) is 35.7 Å². The van der Waals surface area contributed by atoms with Crippen LogP contribution < -0.4 is 15.4 Å². The molecule has 0 fully saturated rings. The van der Waals surface area contributed by atoms with E-state index in [1.165, 1.54) is 6.07 Å². The fourth-order valence-electron chi connectivity index (χ4n) is 2.41. The van der Waals surface area contributed by atoms with E-state index in [4.69, 9.17) is 9.47 Å². The van der Waals surface area contributed by atoms with E-state index in [0.717, 1.165) is 11.3 Å². The fraction of sp³-hybridized carbons (Fsp3) is 0.350. The lowest BCUT2D eigenvalue weighted by Gasteiger charge is -2.13. The molecule has 2 N–H and O–H groups in total. The summed E-state index contributed by atoms with van der Waals surface area (Å²) in [6, 6.07) is 14.7. The highest BCUT2D eigenvalue weighted by Gasteiger charge is 2.03. The molecule has 0 aromatic heterocycles. The Hall–Kier alpha value is -1.87. The molecule has 0 heterocycles. The number of aliphatic imine (C=N–C) groups is 1. The van der Waals surface area contributed by atoms with Crippen LogP contribution >= 0.6 is 24.0 Å². The zero-order chi connectivity index (χ0) is 18.6. The molecular formula is C20H27FIN3O2. The first-order valence-electron chi connectivity index (χ1n) is 8.61. The van der Waals surface area contributed by atoms with Crippen molar-refractivity contribution in [2.75, 3.05) is 33.9 Å². The van der Waals surface area contributed by atoms with Gasteiger partial charge < -0.3 is 20.1 Å². The van der Waals surface area contributed by atoms with E-state index in [1.54, 1.807) is 26.3 Å². The normalized spacial score (nSPS) is 10.9. The van der Waals surface area contributed by atoms with Crippen molar-refractivity contribution in [3.63, 3.8) is 0 Å². The van der Waals surface area contributed by atoms with E-state index in [-0.39, 0.29) is 29.8 Å². The highest BCUT2D eigenvalue weighted by atomic mass is 127. The summed E-state index contributed by atoms with van der Waals surface area (Å²) < 4.78 is 24.2. The Labute approximate surface area is 177 Å². The Morgan fingerprint density at radius 3 is 2.63 bits per heavy atom. The molecule has 0 saturated heterocycles. The Morgan fingerprint density at radius 1 is 1.07 bits per heavy atom. The lowest BCUT2D eigenvalue weighted by Crippen LogP contribution is -2.37. The predicted molar refractivity (Wildman–Crippen MR) is 118 cm³/mol. The van der Waals surface area contributed by atoms with Gasteiger partial charge in [0.15, 0.2) is 5.96 Å². The quantitative estimate of drug-likeness (QED) is 0.247. The highest BCUT2D eigenvalue weighted by molar-refractivity contribution is 14.0. The topological polar surface area (TPSA) is 54.9 Å². The molecule has 0 aliphatic heterocycles. The average molecular weight is 487 g/mol. The summed E-state index contributed by atoms with van der Waals surface area (Å²) in [7, 11) is 3.36. The zero-order valence-corrected chi connectivity index (χ0v) is 18.0. The first-order chi connectivity index (χ1) is 12.7. The molecule has 2 aromatic rings. The van der Waals surface area contributed by atoms with Crippen LogP contribution in [0.1, 0.15) is 11.1 Å². The minimum absolute atomic E-state index is 0. The zero-order valence-electron chi connectivity index (χ0n) is 15.7. The summed E-state index contributed by atoms with van der Waals surface area (Å²) in [5.74, 6) is 1.30. The van der Waals surface area contributed by atoms with Crippen LogP contribution in [0.4, 0.5) is 4.39 Å². The Bertz CT molecular complexity index is 713. The number of ether oxygens (including phenoxy) is 2. The lowest BCUT2D eigenvalue weighted by molar-refractivity contribution is 0.146. The van der Waals surface area contributed by atoms with Crippen molar-refractivity contribution < 1.29 is 13.9 Å². The predicted octanol–water partition coefficient (Wildman–Crippen LogP) is 3.38. The second-order valence-corrected chi connectivity index (χ2v) is 5.68. The van der Waals surface area contributed by atoms with Crippen molar-refractivity contribution in [1.82, 2.24) is 10.6 Å². The molecule has 0 aliphatic rings. The molecule has 0 unspecified atom stereocenters. The van der Waals surface area contributed by atoms with E-state index in [1.807, 2.05) is 30.3 Å². The van der Waals surface area contributed by atoms with Gasteiger partial charge in [0.1, 0.15) is 18.2 Å². The number of methoxy groups -OCH3 is 1. The minimum Gasteiger partial charge on any atom is -0.491 e. The van der Waals surface area contributed by atoms with Crippen LogP contribution in [0.25, 0.3) is 0 Å². The summed E-state index contributed by atoms with van der Waals surface area (Å²) in [4.78, 5) is 4.19. The molecule has 148 valence electrons. The second-order valence-electron chi connectivity index (χ2n) is 5.68. The summed E-state index contributed by atoms with van der Waals surface area (Å²) >= 11 is 0. The minimum atomic E-state index is -0.178. The van der Waals surface area contributed by atoms with Crippen LogP contribution in [0.2, 0.25) is 0 Å². The SMILES string of the molecule is CN=C(NCCc1ccccc1F)NCc1cccc(OCCOC)c1.I. The number of nitrogens with one attached hydrogen (secondary N) is 2. The summed E-state index contributed by atoms with van der Waals surface area (Å²) in [5, 5.41) is 6.44. The molecule has 2 rings (SSSR count). The molecule has 0 atom stereocenters.